The highest BCUT2D eigenvalue weighted by molar-refractivity contribution is 5.81. The van der Waals surface area contributed by atoms with Gasteiger partial charge in [-0.05, 0) is 31.5 Å². The van der Waals surface area contributed by atoms with Crippen LogP contribution in [-0.4, -0.2) is 71.9 Å². The summed E-state index contributed by atoms with van der Waals surface area (Å²) in [7, 11) is 3.33. The summed E-state index contributed by atoms with van der Waals surface area (Å²) in [4.78, 5) is 9.60. The zero-order chi connectivity index (χ0) is 18.3. The molecular weight excluding hydrogens is 330 g/mol. The molecule has 0 saturated carbocycles. The van der Waals surface area contributed by atoms with Gasteiger partial charge in [0.2, 0.25) is 5.88 Å². The van der Waals surface area contributed by atoms with Crippen LogP contribution in [0.5, 0.6) is 11.6 Å². The zero-order valence-electron chi connectivity index (χ0n) is 15.7. The number of rotatable bonds is 4. The molecule has 3 atom stereocenters. The van der Waals surface area contributed by atoms with E-state index < -0.39 is 0 Å². The van der Waals surface area contributed by atoms with Gasteiger partial charge in [-0.2, -0.15) is 0 Å². The van der Waals surface area contributed by atoms with Crippen LogP contribution in [0.25, 0.3) is 10.9 Å². The van der Waals surface area contributed by atoms with Crippen molar-refractivity contribution in [1.29, 1.82) is 0 Å². The van der Waals surface area contributed by atoms with E-state index in [-0.39, 0.29) is 6.10 Å². The molecular formula is C20H27N3O3. The number of aromatic nitrogens is 1. The average molecular weight is 357 g/mol. The minimum Gasteiger partial charge on any atom is -0.497 e. The van der Waals surface area contributed by atoms with Crippen molar-refractivity contribution in [3.63, 3.8) is 0 Å². The van der Waals surface area contributed by atoms with Crippen molar-refractivity contribution < 1.29 is 14.6 Å². The molecule has 6 heteroatoms. The quantitative estimate of drug-likeness (QED) is 0.902. The van der Waals surface area contributed by atoms with E-state index in [1.165, 1.54) is 0 Å². The van der Waals surface area contributed by atoms with Crippen LogP contribution in [0.1, 0.15) is 18.9 Å². The molecule has 2 aliphatic heterocycles. The first-order chi connectivity index (χ1) is 12.6. The van der Waals surface area contributed by atoms with Crippen LogP contribution >= 0.6 is 0 Å². The van der Waals surface area contributed by atoms with E-state index in [9.17, 15) is 5.11 Å². The van der Waals surface area contributed by atoms with Crippen LogP contribution in [0.4, 0.5) is 0 Å². The van der Waals surface area contributed by atoms with E-state index in [1.807, 2.05) is 18.2 Å². The van der Waals surface area contributed by atoms with Crippen molar-refractivity contribution in [3.8, 4) is 11.6 Å². The maximum absolute atomic E-state index is 9.97. The number of hydrogen-bond acceptors (Lipinski definition) is 6. The first kappa shape index (κ1) is 17.5. The normalized spacial score (nSPS) is 26.8. The summed E-state index contributed by atoms with van der Waals surface area (Å²) in [5.41, 5.74) is 1.98. The summed E-state index contributed by atoms with van der Waals surface area (Å²) in [6.45, 7) is 5.85. The van der Waals surface area contributed by atoms with Crippen molar-refractivity contribution in [2.45, 2.75) is 38.1 Å². The topological polar surface area (TPSA) is 58.1 Å². The Balaban J connectivity index is 1.59. The minimum absolute atomic E-state index is 0.181. The van der Waals surface area contributed by atoms with Crippen LogP contribution in [0.15, 0.2) is 24.3 Å². The first-order valence-corrected chi connectivity index (χ1v) is 9.25. The van der Waals surface area contributed by atoms with Gasteiger partial charge in [0.1, 0.15) is 5.75 Å². The van der Waals surface area contributed by atoms with E-state index in [2.05, 4.69) is 22.8 Å². The van der Waals surface area contributed by atoms with Crippen molar-refractivity contribution in [2.75, 3.05) is 33.9 Å². The molecule has 4 rings (SSSR count). The van der Waals surface area contributed by atoms with Crippen molar-refractivity contribution >= 4 is 10.9 Å². The highest BCUT2D eigenvalue weighted by Crippen LogP contribution is 2.30. The summed E-state index contributed by atoms with van der Waals surface area (Å²) in [5.74, 6) is 1.47. The Morgan fingerprint density at radius 2 is 2.00 bits per heavy atom. The Labute approximate surface area is 154 Å². The molecule has 0 spiro atoms. The number of aliphatic hydroxyl groups excluding tert-OH is 1. The number of methoxy groups -OCH3 is 2. The summed E-state index contributed by atoms with van der Waals surface area (Å²) >= 11 is 0. The fourth-order valence-corrected chi connectivity index (χ4v) is 4.31. The molecule has 0 aliphatic carbocycles. The number of benzene rings is 1. The summed E-state index contributed by atoms with van der Waals surface area (Å²) in [5, 5.41) is 11.1. The molecule has 0 radical (unpaired) electrons. The Hall–Kier alpha value is -1.89. The molecule has 1 aromatic carbocycles. The Kier molecular flexibility index (Phi) is 4.73. The Morgan fingerprint density at radius 3 is 2.77 bits per heavy atom. The lowest BCUT2D eigenvalue weighted by molar-refractivity contribution is 0.0523. The second kappa shape index (κ2) is 7.02. The van der Waals surface area contributed by atoms with Crippen molar-refractivity contribution in [1.82, 2.24) is 14.8 Å². The lowest BCUT2D eigenvalue weighted by Crippen LogP contribution is -2.54. The average Bonchev–Trinajstić information content (AvgIpc) is 2.99. The van der Waals surface area contributed by atoms with Crippen molar-refractivity contribution in [2.24, 2.45) is 0 Å². The molecule has 6 nitrogen and oxygen atoms in total. The molecule has 1 unspecified atom stereocenters. The maximum atomic E-state index is 9.97. The number of fused-ring (bicyclic) bond motifs is 2. The van der Waals surface area contributed by atoms with Gasteiger partial charge in [0, 0.05) is 55.3 Å². The van der Waals surface area contributed by atoms with Gasteiger partial charge < -0.3 is 14.6 Å². The Bertz CT molecular complexity index is 797. The number of ether oxygens (including phenoxy) is 2. The molecule has 2 aliphatic rings. The van der Waals surface area contributed by atoms with Gasteiger partial charge in [-0.3, -0.25) is 9.80 Å². The third-order valence-electron chi connectivity index (χ3n) is 5.70. The van der Waals surface area contributed by atoms with Crippen LogP contribution in [-0.2, 0) is 6.54 Å². The largest absolute Gasteiger partial charge is 0.497 e. The van der Waals surface area contributed by atoms with Gasteiger partial charge in [-0.1, -0.05) is 0 Å². The minimum atomic E-state index is -0.181. The van der Waals surface area contributed by atoms with Gasteiger partial charge in [-0.15, -0.1) is 0 Å². The highest BCUT2D eigenvalue weighted by atomic mass is 16.5. The van der Waals surface area contributed by atoms with Crippen LogP contribution in [0.3, 0.4) is 0 Å². The molecule has 3 heterocycles. The second-order valence-corrected chi connectivity index (χ2v) is 7.49. The number of aliphatic hydroxyl groups is 1. The number of piperazine rings is 1. The molecule has 140 valence electrons. The molecule has 1 N–H and O–H groups in total. The molecule has 2 saturated heterocycles. The van der Waals surface area contributed by atoms with Gasteiger partial charge in [0.25, 0.3) is 0 Å². The van der Waals surface area contributed by atoms with Gasteiger partial charge >= 0.3 is 0 Å². The lowest BCUT2D eigenvalue weighted by atomic mass is 10.1. The fraction of sp³-hybridized carbons (Fsp3) is 0.550. The van der Waals surface area contributed by atoms with E-state index in [1.54, 1.807) is 14.2 Å². The number of pyridine rings is 1. The molecule has 26 heavy (non-hydrogen) atoms. The van der Waals surface area contributed by atoms with Gasteiger partial charge in [0.15, 0.2) is 0 Å². The summed E-state index contributed by atoms with van der Waals surface area (Å²) in [6, 6.07) is 8.99. The van der Waals surface area contributed by atoms with Gasteiger partial charge in [0.05, 0.1) is 25.8 Å². The molecule has 2 fully saturated rings. The maximum Gasteiger partial charge on any atom is 0.218 e. The number of nitrogens with zero attached hydrogens (tertiary/aromatic N) is 3. The smallest absolute Gasteiger partial charge is 0.218 e. The summed E-state index contributed by atoms with van der Waals surface area (Å²) in [6.07, 6.45) is 0.690. The van der Waals surface area contributed by atoms with E-state index in [0.717, 1.165) is 54.8 Å². The predicted octanol–water partition coefficient (Wildman–Crippen LogP) is 1.89. The third kappa shape index (κ3) is 3.24. The standard InChI is InChI=1S/C20H27N3O3/c1-13-9-23-12-17(24)7-16(23)11-22(13)10-15-6-14-4-5-18(25-2)8-19(14)21-20(15)26-3/h4-6,8,13,16-17,24H,7,9-12H2,1-3H3/t13-,16?,17+/m0/s1. The second-order valence-electron chi connectivity index (χ2n) is 7.49. The van der Waals surface area contributed by atoms with Crippen LogP contribution < -0.4 is 9.47 Å². The molecule has 0 amide bonds. The first-order valence-electron chi connectivity index (χ1n) is 9.25. The van der Waals surface area contributed by atoms with E-state index in [4.69, 9.17) is 14.5 Å². The van der Waals surface area contributed by atoms with Crippen LogP contribution in [0, 0.1) is 0 Å². The summed E-state index contributed by atoms with van der Waals surface area (Å²) < 4.78 is 10.9. The lowest BCUT2D eigenvalue weighted by Gasteiger charge is -2.42. The van der Waals surface area contributed by atoms with Crippen molar-refractivity contribution in [3.05, 3.63) is 29.8 Å². The Morgan fingerprint density at radius 1 is 1.15 bits per heavy atom. The van der Waals surface area contributed by atoms with E-state index in [0.29, 0.717) is 18.0 Å². The third-order valence-corrected chi connectivity index (χ3v) is 5.70. The molecule has 1 aromatic heterocycles. The number of hydrogen-bond donors (Lipinski definition) is 1. The van der Waals surface area contributed by atoms with Crippen LogP contribution in [0.2, 0.25) is 0 Å². The fourth-order valence-electron chi connectivity index (χ4n) is 4.31. The molecule has 0 bridgehead atoms. The molecule has 2 aromatic rings. The predicted molar refractivity (Wildman–Crippen MR) is 101 cm³/mol. The van der Waals surface area contributed by atoms with E-state index >= 15 is 0 Å². The highest BCUT2D eigenvalue weighted by Gasteiger charge is 2.38. The zero-order valence-corrected chi connectivity index (χ0v) is 15.7. The van der Waals surface area contributed by atoms with Gasteiger partial charge in [-0.25, -0.2) is 4.98 Å². The monoisotopic (exact) mass is 357 g/mol. The SMILES string of the molecule is COc1ccc2cc(CN3CC4C[C@@H](O)CN4C[C@@H]3C)c(OC)nc2c1.